The summed E-state index contributed by atoms with van der Waals surface area (Å²) in [5, 5.41) is 2.95. The molecule has 3 aromatic rings. The summed E-state index contributed by atoms with van der Waals surface area (Å²) in [6, 6.07) is 14.2. The van der Waals surface area contributed by atoms with Crippen LogP contribution in [0.5, 0.6) is 0 Å². The first kappa shape index (κ1) is 15.1. The quantitative estimate of drug-likeness (QED) is 0.727. The number of rotatable bonds is 3. The summed E-state index contributed by atoms with van der Waals surface area (Å²) in [4.78, 5) is 11.4. The number of nitrogens with one attached hydrogen (secondary N) is 1. The van der Waals surface area contributed by atoms with Crippen LogP contribution < -0.4 is 10.9 Å². The van der Waals surface area contributed by atoms with Gasteiger partial charge in [0.15, 0.2) is 0 Å². The third-order valence-corrected chi connectivity index (χ3v) is 3.39. The van der Waals surface area contributed by atoms with E-state index in [0.29, 0.717) is 18.3 Å². The van der Waals surface area contributed by atoms with Crippen molar-refractivity contribution in [1.29, 1.82) is 0 Å². The maximum absolute atomic E-state index is 13.0. The van der Waals surface area contributed by atoms with Crippen LogP contribution in [-0.2, 0) is 12.7 Å². The molecule has 0 bridgehead atoms. The van der Waals surface area contributed by atoms with Gasteiger partial charge >= 0.3 is 11.8 Å². The smallest absolute Gasteiger partial charge is 0.417 e. The second kappa shape index (κ2) is 5.79. The SMILES string of the molecule is O=c1cc(C(F)(F)F)c2ccc(NCc3ccccc3)cc2o1. The number of hydrogen-bond acceptors (Lipinski definition) is 3. The van der Waals surface area contributed by atoms with Crippen molar-refractivity contribution < 1.29 is 17.6 Å². The lowest BCUT2D eigenvalue weighted by molar-refractivity contribution is -0.136. The van der Waals surface area contributed by atoms with Crippen LogP contribution in [0.15, 0.2) is 63.8 Å². The fourth-order valence-corrected chi connectivity index (χ4v) is 2.31. The van der Waals surface area contributed by atoms with E-state index in [0.717, 1.165) is 5.56 Å². The zero-order chi connectivity index (χ0) is 16.4. The standard InChI is InChI=1S/C17H12F3NO2/c18-17(19,20)14-9-16(22)23-15-8-12(6-7-13(14)15)21-10-11-4-2-1-3-5-11/h1-9,21H,10H2. The van der Waals surface area contributed by atoms with E-state index in [1.807, 2.05) is 30.3 Å². The molecule has 3 nitrogen and oxygen atoms in total. The molecule has 1 N–H and O–H groups in total. The van der Waals surface area contributed by atoms with Crippen LogP contribution in [0.2, 0.25) is 0 Å². The van der Waals surface area contributed by atoms with Crippen molar-refractivity contribution in [2.24, 2.45) is 0 Å². The van der Waals surface area contributed by atoms with E-state index in [1.54, 1.807) is 0 Å². The summed E-state index contributed by atoms with van der Waals surface area (Å²) in [5.41, 5.74) is -0.506. The zero-order valence-corrected chi connectivity index (χ0v) is 11.9. The third kappa shape index (κ3) is 3.36. The number of benzene rings is 2. The van der Waals surface area contributed by atoms with Crippen LogP contribution in [0.4, 0.5) is 18.9 Å². The molecule has 2 aromatic carbocycles. The van der Waals surface area contributed by atoms with Gasteiger partial charge in [-0.3, -0.25) is 0 Å². The minimum atomic E-state index is -4.60. The predicted molar refractivity (Wildman–Crippen MR) is 81.3 cm³/mol. The Balaban J connectivity index is 1.95. The van der Waals surface area contributed by atoms with Gasteiger partial charge in [-0.05, 0) is 17.7 Å². The molecule has 23 heavy (non-hydrogen) atoms. The van der Waals surface area contributed by atoms with Crippen LogP contribution in [0.25, 0.3) is 11.0 Å². The van der Waals surface area contributed by atoms with Crippen molar-refractivity contribution in [3.8, 4) is 0 Å². The first-order chi connectivity index (χ1) is 10.9. The second-order valence-electron chi connectivity index (χ2n) is 5.03. The maximum Gasteiger partial charge on any atom is 0.417 e. The molecule has 0 radical (unpaired) electrons. The molecule has 0 aliphatic heterocycles. The Morgan fingerprint density at radius 2 is 1.74 bits per heavy atom. The summed E-state index contributed by atoms with van der Waals surface area (Å²) in [7, 11) is 0. The summed E-state index contributed by atoms with van der Waals surface area (Å²) in [6.07, 6.45) is -4.60. The molecule has 0 spiro atoms. The van der Waals surface area contributed by atoms with E-state index >= 15 is 0 Å². The molecule has 1 heterocycles. The van der Waals surface area contributed by atoms with Crippen LogP contribution >= 0.6 is 0 Å². The van der Waals surface area contributed by atoms with Gasteiger partial charge in [0.05, 0.1) is 5.56 Å². The molecular weight excluding hydrogens is 307 g/mol. The molecule has 0 fully saturated rings. The topological polar surface area (TPSA) is 42.2 Å². The highest BCUT2D eigenvalue weighted by Crippen LogP contribution is 2.34. The first-order valence-corrected chi connectivity index (χ1v) is 6.86. The highest BCUT2D eigenvalue weighted by Gasteiger charge is 2.33. The molecule has 0 saturated carbocycles. The molecule has 0 atom stereocenters. The van der Waals surface area contributed by atoms with E-state index in [1.165, 1.54) is 18.2 Å². The highest BCUT2D eigenvalue weighted by atomic mass is 19.4. The van der Waals surface area contributed by atoms with Gasteiger partial charge in [-0.1, -0.05) is 30.3 Å². The average molecular weight is 319 g/mol. The summed E-state index contributed by atoms with van der Waals surface area (Å²) in [5.74, 6) is 0. The molecule has 118 valence electrons. The Kier molecular flexibility index (Phi) is 3.82. The monoisotopic (exact) mass is 319 g/mol. The van der Waals surface area contributed by atoms with Crippen molar-refractivity contribution in [3.63, 3.8) is 0 Å². The van der Waals surface area contributed by atoms with Gasteiger partial charge in [0.1, 0.15) is 5.58 Å². The molecule has 0 amide bonds. The third-order valence-electron chi connectivity index (χ3n) is 3.39. The van der Waals surface area contributed by atoms with Crippen LogP contribution in [-0.4, -0.2) is 0 Å². The Hall–Kier alpha value is -2.76. The van der Waals surface area contributed by atoms with Gasteiger partial charge in [0, 0.05) is 29.8 Å². The number of anilines is 1. The second-order valence-corrected chi connectivity index (χ2v) is 5.03. The largest absolute Gasteiger partial charge is 0.423 e. The van der Waals surface area contributed by atoms with Crippen molar-refractivity contribution >= 4 is 16.7 Å². The Morgan fingerprint density at radius 3 is 2.43 bits per heavy atom. The van der Waals surface area contributed by atoms with Crippen LogP contribution in [0, 0.1) is 0 Å². The first-order valence-electron chi connectivity index (χ1n) is 6.86. The lowest BCUT2D eigenvalue weighted by Crippen LogP contribution is -2.11. The Labute approximate surface area is 129 Å². The Morgan fingerprint density at radius 1 is 1.00 bits per heavy atom. The van der Waals surface area contributed by atoms with Gasteiger partial charge in [-0.15, -0.1) is 0 Å². The number of hydrogen-bond donors (Lipinski definition) is 1. The van der Waals surface area contributed by atoms with E-state index in [4.69, 9.17) is 4.42 Å². The van der Waals surface area contributed by atoms with Crippen LogP contribution in [0.1, 0.15) is 11.1 Å². The summed E-state index contributed by atoms with van der Waals surface area (Å²) >= 11 is 0. The van der Waals surface area contributed by atoms with Gasteiger partial charge in [-0.2, -0.15) is 13.2 Å². The molecule has 1 aromatic heterocycles. The van der Waals surface area contributed by atoms with E-state index in [9.17, 15) is 18.0 Å². The van der Waals surface area contributed by atoms with Crippen molar-refractivity contribution in [1.82, 2.24) is 0 Å². The Bertz CT molecular complexity index is 886. The fraction of sp³-hybridized carbons (Fsp3) is 0.118. The fourth-order valence-electron chi connectivity index (χ4n) is 2.31. The van der Waals surface area contributed by atoms with E-state index in [2.05, 4.69) is 5.32 Å². The van der Waals surface area contributed by atoms with Gasteiger partial charge in [0.25, 0.3) is 0 Å². The number of alkyl halides is 3. The summed E-state index contributed by atoms with van der Waals surface area (Å²) in [6.45, 7) is 0.509. The van der Waals surface area contributed by atoms with Gasteiger partial charge in [-0.25, -0.2) is 4.79 Å². The molecule has 3 rings (SSSR count). The van der Waals surface area contributed by atoms with Crippen molar-refractivity contribution in [2.45, 2.75) is 12.7 Å². The zero-order valence-electron chi connectivity index (χ0n) is 11.9. The van der Waals surface area contributed by atoms with E-state index in [-0.39, 0.29) is 11.0 Å². The van der Waals surface area contributed by atoms with Gasteiger partial charge in [0.2, 0.25) is 0 Å². The lowest BCUT2D eigenvalue weighted by atomic mass is 10.1. The molecular formula is C17H12F3NO2. The lowest BCUT2D eigenvalue weighted by Gasteiger charge is -2.11. The molecule has 0 aliphatic carbocycles. The number of halogens is 3. The van der Waals surface area contributed by atoms with Crippen molar-refractivity contribution in [2.75, 3.05) is 5.32 Å². The predicted octanol–water partition coefficient (Wildman–Crippen LogP) is 4.42. The minimum Gasteiger partial charge on any atom is -0.423 e. The number of fused-ring (bicyclic) bond motifs is 1. The molecule has 0 saturated heterocycles. The molecule has 6 heteroatoms. The van der Waals surface area contributed by atoms with E-state index < -0.39 is 17.4 Å². The van der Waals surface area contributed by atoms with Crippen molar-refractivity contribution in [3.05, 3.63) is 76.1 Å². The summed E-state index contributed by atoms with van der Waals surface area (Å²) < 4.78 is 43.8. The molecule has 0 unspecified atom stereocenters. The molecule has 0 aliphatic rings. The normalized spacial score (nSPS) is 11.6. The maximum atomic E-state index is 13.0. The highest BCUT2D eigenvalue weighted by molar-refractivity contribution is 5.83. The van der Waals surface area contributed by atoms with Crippen LogP contribution in [0.3, 0.4) is 0 Å². The average Bonchev–Trinajstić information content (AvgIpc) is 2.52. The van der Waals surface area contributed by atoms with Gasteiger partial charge < -0.3 is 9.73 Å². The minimum absolute atomic E-state index is 0.0945.